The molecule has 94 valence electrons. The van der Waals surface area contributed by atoms with E-state index in [-0.39, 0.29) is 11.3 Å². The Morgan fingerprint density at radius 2 is 1.94 bits per heavy atom. The molecule has 0 aliphatic carbocycles. The number of carbonyl (C=O) groups excluding carboxylic acids is 1. The van der Waals surface area contributed by atoms with E-state index in [1.807, 2.05) is 24.3 Å². The Labute approximate surface area is 117 Å². The number of amides is 1. The van der Waals surface area contributed by atoms with Crippen LogP contribution in [0.5, 0.6) is 0 Å². The summed E-state index contributed by atoms with van der Waals surface area (Å²) >= 11 is 2.19. The molecule has 0 aliphatic heterocycles. The molecule has 0 unspecified atom stereocenters. The number of rotatable bonds is 4. The summed E-state index contributed by atoms with van der Waals surface area (Å²) in [4.78, 5) is 12.0. The van der Waals surface area contributed by atoms with Crippen LogP contribution >= 0.6 is 22.6 Å². The van der Waals surface area contributed by atoms with Crippen LogP contribution in [0.3, 0.4) is 0 Å². The van der Waals surface area contributed by atoms with E-state index in [0.717, 1.165) is 9.13 Å². The van der Waals surface area contributed by atoms with Crippen molar-refractivity contribution < 1.29 is 4.79 Å². The zero-order chi connectivity index (χ0) is 13.1. The van der Waals surface area contributed by atoms with Gasteiger partial charge in [0.05, 0.1) is 5.56 Å². The molecule has 1 aromatic carbocycles. The van der Waals surface area contributed by atoms with E-state index in [2.05, 4.69) is 55.6 Å². The number of hydrogen-bond acceptors (Lipinski definition) is 1. The average molecular weight is 345 g/mol. The fraction of sp³-hybridized carbons (Fsp3) is 0.500. The summed E-state index contributed by atoms with van der Waals surface area (Å²) in [5.41, 5.74) is 0.878. The predicted octanol–water partition coefficient (Wildman–Crippen LogP) is 3.70. The summed E-state index contributed by atoms with van der Waals surface area (Å²) in [5.74, 6) is 0.557. The molecule has 1 aromatic rings. The first kappa shape index (κ1) is 14.5. The van der Waals surface area contributed by atoms with Crippen molar-refractivity contribution in [2.75, 3.05) is 6.54 Å². The van der Waals surface area contributed by atoms with Crippen molar-refractivity contribution in [3.63, 3.8) is 0 Å². The Hall–Kier alpha value is -0.580. The highest BCUT2D eigenvalue weighted by atomic mass is 127. The Balaban J connectivity index is 2.66. The summed E-state index contributed by atoms with van der Waals surface area (Å²) in [7, 11) is 0. The van der Waals surface area contributed by atoms with E-state index in [0.29, 0.717) is 12.5 Å². The Morgan fingerprint density at radius 1 is 1.35 bits per heavy atom. The molecule has 0 saturated heterocycles. The molecule has 0 atom stereocenters. The summed E-state index contributed by atoms with van der Waals surface area (Å²) in [6, 6.07) is 7.64. The average Bonchev–Trinajstić information content (AvgIpc) is 2.26. The zero-order valence-electron chi connectivity index (χ0n) is 10.9. The lowest BCUT2D eigenvalue weighted by Crippen LogP contribution is -2.37. The Bertz CT molecular complexity index is 399. The lowest BCUT2D eigenvalue weighted by atomic mass is 9.81. The molecule has 0 aromatic heterocycles. The van der Waals surface area contributed by atoms with Gasteiger partial charge in [0.2, 0.25) is 0 Å². The van der Waals surface area contributed by atoms with E-state index < -0.39 is 0 Å². The second-order valence-electron chi connectivity index (χ2n) is 5.31. The highest BCUT2D eigenvalue weighted by molar-refractivity contribution is 14.1. The number of nitrogens with one attached hydrogen (secondary N) is 1. The Kier molecular flexibility index (Phi) is 4.98. The van der Waals surface area contributed by atoms with E-state index in [1.54, 1.807) is 0 Å². The summed E-state index contributed by atoms with van der Waals surface area (Å²) in [6.07, 6.45) is 0. The highest BCUT2D eigenvalue weighted by Gasteiger charge is 2.23. The van der Waals surface area contributed by atoms with Crippen molar-refractivity contribution in [2.24, 2.45) is 11.3 Å². The molecule has 0 radical (unpaired) electrons. The molecule has 17 heavy (non-hydrogen) atoms. The van der Waals surface area contributed by atoms with Gasteiger partial charge in [0.1, 0.15) is 0 Å². The summed E-state index contributed by atoms with van der Waals surface area (Å²) in [5, 5.41) is 3.02. The molecule has 0 aliphatic rings. The van der Waals surface area contributed by atoms with Crippen LogP contribution in [0.4, 0.5) is 0 Å². The van der Waals surface area contributed by atoms with Gasteiger partial charge in [0, 0.05) is 10.1 Å². The quantitative estimate of drug-likeness (QED) is 0.829. The van der Waals surface area contributed by atoms with Crippen LogP contribution in [0, 0.1) is 14.9 Å². The van der Waals surface area contributed by atoms with Crippen LogP contribution in [0.2, 0.25) is 0 Å². The van der Waals surface area contributed by atoms with Gasteiger partial charge >= 0.3 is 0 Å². The molecule has 0 heterocycles. The van der Waals surface area contributed by atoms with E-state index in [9.17, 15) is 4.79 Å². The molecule has 2 nitrogen and oxygen atoms in total. The maximum absolute atomic E-state index is 12.0. The fourth-order valence-corrected chi connectivity index (χ4v) is 1.89. The topological polar surface area (TPSA) is 29.1 Å². The third-order valence-electron chi connectivity index (χ3n) is 3.39. The molecular weight excluding hydrogens is 325 g/mol. The van der Waals surface area contributed by atoms with Gasteiger partial charge in [-0.3, -0.25) is 4.79 Å². The van der Waals surface area contributed by atoms with Gasteiger partial charge in [-0.15, -0.1) is 0 Å². The van der Waals surface area contributed by atoms with Crippen LogP contribution in [0.1, 0.15) is 38.1 Å². The lowest BCUT2D eigenvalue weighted by molar-refractivity contribution is 0.0924. The van der Waals surface area contributed by atoms with Gasteiger partial charge in [-0.2, -0.15) is 0 Å². The van der Waals surface area contributed by atoms with Gasteiger partial charge in [-0.25, -0.2) is 0 Å². The SMILES string of the molecule is CC(C)C(C)(C)CNC(=O)c1ccccc1I. The normalized spacial score (nSPS) is 11.6. The van der Waals surface area contributed by atoms with Crippen molar-refractivity contribution in [1.82, 2.24) is 5.32 Å². The first-order chi connectivity index (χ1) is 7.84. The zero-order valence-corrected chi connectivity index (χ0v) is 13.0. The Morgan fingerprint density at radius 3 is 2.47 bits per heavy atom. The fourth-order valence-electron chi connectivity index (χ4n) is 1.25. The minimum absolute atomic E-state index is 0.0173. The van der Waals surface area contributed by atoms with E-state index in [1.165, 1.54) is 0 Å². The van der Waals surface area contributed by atoms with Crippen molar-refractivity contribution in [2.45, 2.75) is 27.7 Å². The first-order valence-corrected chi connectivity index (χ1v) is 6.95. The van der Waals surface area contributed by atoms with Gasteiger partial charge in [-0.1, -0.05) is 39.8 Å². The van der Waals surface area contributed by atoms with Gasteiger partial charge in [-0.05, 0) is 46.1 Å². The molecule has 3 heteroatoms. The molecular formula is C14H20INO. The third kappa shape index (κ3) is 3.98. The maximum atomic E-state index is 12.0. The number of benzene rings is 1. The molecule has 1 N–H and O–H groups in total. The minimum atomic E-state index is 0.0173. The molecule has 0 fully saturated rings. The number of halogens is 1. The van der Waals surface area contributed by atoms with Gasteiger partial charge in [0.25, 0.3) is 5.91 Å². The smallest absolute Gasteiger partial charge is 0.252 e. The molecule has 0 saturated carbocycles. The summed E-state index contributed by atoms with van der Waals surface area (Å²) < 4.78 is 0.991. The molecule has 1 rings (SSSR count). The van der Waals surface area contributed by atoms with Crippen molar-refractivity contribution in [3.05, 3.63) is 33.4 Å². The predicted molar refractivity (Wildman–Crippen MR) is 80.1 cm³/mol. The number of hydrogen-bond donors (Lipinski definition) is 1. The largest absolute Gasteiger partial charge is 0.351 e. The molecule has 0 spiro atoms. The molecule has 1 amide bonds. The minimum Gasteiger partial charge on any atom is -0.351 e. The highest BCUT2D eigenvalue weighted by Crippen LogP contribution is 2.24. The van der Waals surface area contributed by atoms with Crippen LogP contribution in [-0.4, -0.2) is 12.5 Å². The number of carbonyl (C=O) groups is 1. The van der Waals surface area contributed by atoms with Crippen molar-refractivity contribution in [1.29, 1.82) is 0 Å². The van der Waals surface area contributed by atoms with E-state index >= 15 is 0 Å². The second-order valence-corrected chi connectivity index (χ2v) is 6.47. The van der Waals surface area contributed by atoms with Crippen LogP contribution in [-0.2, 0) is 0 Å². The van der Waals surface area contributed by atoms with Crippen molar-refractivity contribution in [3.8, 4) is 0 Å². The third-order valence-corrected chi connectivity index (χ3v) is 4.33. The van der Waals surface area contributed by atoms with Crippen LogP contribution < -0.4 is 5.32 Å². The van der Waals surface area contributed by atoms with Crippen LogP contribution in [0.25, 0.3) is 0 Å². The van der Waals surface area contributed by atoms with E-state index in [4.69, 9.17) is 0 Å². The van der Waals surface area contributed by atoms with Gasteiger partial charge < -0.3 is 5.32 Å². The van der Waals surface area contributed by atoms with Crippen LogP contribution in [0.15, 0.2) is 24.3 Å². The summed E-state index contributed by atoms with van der Waals surface area (Å²) in [6.45, 7) is 9.41. The van der Waals surface area contributed by atoms with Crippen molar-refractivity contribution >= 4 is 28.5 Å². The lowest BCUT2D eigenvalue weighted by Gasteiger charge is -2.29. The van der Waals surface area contributed by atoms with Gasteiger partial charge in [0.15, 0.2) is 0 Å². The monoisotopic (exact) mass is 345 g/mol. The standard InChI is InChI=1S/C14H20INO/c1-10(2)14(3,4)9-16-13(17)11-7-5-6-8-12(11)15/h5-8,10H,9H2,1-4H3,(H,16,17). The second kappa shape index (κ2) is 5.85. The first-order valence-electron chi connectivity index (χ1n) is 5.87. The molecule has 0 bridgehead atoms. The maximum Gasteiger partial charge on any atom is 0.252 e.